The number of halogens is 1. The van der Waals surface area contributed by atoms with Gasteiger partial charge in [-0.3, -0.25) is 4.79 Å². The van der Waals surface area contributed by atoms with E-state index in [0.29, 0.717) is 23.2 Å². The molecule has 8 heteroatoms. The zero-order chi connectivity index (χ0) is 21.2. The molecule has 6 nitrogen and oxygen atoms in total. The van der Waals surface area contributed by atoms with Crippen molar-refractivity contribution in [3.05, 3.63) is 53.2 Å². The molecule has 160 valence electrons. The van der Waals surface area contributed by atoms with Crippen molar-refractivity contribution < 1.29 is 9.32 Å². The van der Waals surface area contributed by atoms with Crippen LogP contribution in [0.4, 0.5) is 5.82 Å². The van der Waals surface area contributed by atoms with Crippen LogP contribution in [0.3, 0.4) is 0 Å². The Kier molecular flexibility index (Phi) is 5.78. The van der Waals surface area contributed by atoms with Crippen molar-refractivity contribution in [1.82, 2.24) is 14.8 Å². The molecule has 2 aromatic heterocycles. The number of nitrogens with zero attached hydrogens (tertiary/aromatic N) is 3. The van der Waals surface area contributed by atoms with Gasteiger partial charge in [-0.25, -0.2) is 0 Å². The molecule has 0 bridgehead atoms. The molecule has 5 rings (SSSR count). The Morgan fingerprint density at radius 3 is 2.90 bits per heavy atom. The average Bonchev–Trinajstić information content (AvgIpc) is 3.41. The molecule has 0 atom stereocenters. The van der Waals surface area contributed by atoms with Gasteiger partial charge in [0, 0.05) is 36.1 Å². The van der Waals surface area contributed by atoms with Crippen molar-refractivity contribution in [3.63, 3.8) is 0 Å². The number of hydrogen-bond acceptors (Lipinski definition) is 6. The highest BCUT2D eigenvalue weighted by Crippen LogP contribution is 2.32. The van der Waals surface area contributed by atoms with Crippen molar-refractivity contribution in [3.8, 4) is 0 Å². The summed E-state index contributed by atoms with van der Waals surface area (Å²) in [6, 6.07) is 13.5. The third kappa shape index (κ3) is 4.25. The van der Waals surface area contributed by atoms with E-state index >= 15 is 0 Å². The van der Waals surface area contributed by atoms with E-state index in [9.17, 15) is 4.79 Å². The molecule has 1 fully saturated rings. The Balaban J connectivity index is 1.08. The Morgan fingerprint density at radius 1 is 1.19 bits per heavy atom. The number of fused-ring (bicyclic) bond motifs is 2. The van der Waals surface area contributed by atoms with Crippen LogP contribution in [0.25, 0.3) is 21.1 Å². The Morgan fingerprint density at radius 2 is 2.03 bits per heavy atom. The minimum absolute atomic E-state index is 0.0784. The fourth-order valence-electron chi connectivity index (χ4n) is 4.29. The topological polar surface area (TPSA) is 71.3 Å². The number of aromatic nitrogens is 2. The number of anilines is 1. The predicted octanol–water partition coefficient (Wildman–Crippen LogP) is 5.52. The average molecular weight is 455 g/mol. The summed E-state index contributed by atoms with van der Waals surface area (Å²) in [4.78, 5) is 14.8. The number of piperidine rings is 1. The highest BCUT2D eigenvalue weighted by atomic mass is 35.5. The van der Waals surface area contributed by atoms with Crippen LogP contribution < -0.4 is 10.2 Å². The van der Waals surface area contributed by atoms with Gasteiger partial charge in [-0.05, 0) is 61.3 Å². The lowest BCUT2D eigenvalue weighted by Gasteiger charge is -2.32. The van der Waals surface area contributed by atoms with Gasteiger partial charge in [0.1, 0.15) is 5.69 Å². The molecule has 1 aliphatic heterocycles. The molecule has 31 heavy (non-hydrogen) atoms. The summed E-state index contributed by atoms with van der Waals surface area (Å²) in [5, 5.41) is 9.90. The lowest BCUT2D eigenvalue weighted by molar-refractivity contribution is 0.0950. The van der Waals surface area contributed by atoms with E-state index in [4.69, 9.17) is 16.1 Å². The van der Waals surface area contributed by atoms with Gasteiger partial charge < -0.3 is 14.7 Å². The Bertz CT molecular complexity index is 1210. The number of hydrogen-bond donors (Lipinski definition) is 1. The summed E-state index contributed by atoms with van der Waals surface area (Å²) in [5.74, 6) is 1.50. The standard InChI is InChI=1S/C23H23ClN4O2S/c24-16-7-8-17-19(14-16)30-26-22(17)28-12-9-15(10-13-28)4-3-11-25-23(29)21-18-5-1-2-6-20(18)31-27-21/h1-2,5-8,14-15H,3-4,9-13H2,(H,25,29). The van der Waals surface area contributed by atoms with Crippen molar-refractivity contribution in [2.24, 2.45) is 5.92 Å². The Labute approximate surface area is 189 Å². The lowest BCUT2D eigenvalue weighted by Crippen LogP contribution is -2.34. The minimum Gasteiger partial charge on any atom is -0.354 e. The van der Waals surface area contributed by atoms with Crippen LogP contribution in [0.1, 0.15) is 36.2 Å². The van der Waals surface area contributed by atoms with Crippen LogP contribution in [0.5, 0.6) is 0 Å². The maximum absolute atomic E-state index is 12.5. The smallest absolute Gasteiger partial charge is 0.271 e. The maximum atomic E-state index is 12.5. The summed E-state index contributed by atoms with van der Waals surface area (Å²) in [6.45, 7) is 2.61. The molecule has 2 aromatic carbocycles. The van der Waals surface area contributed by atoms with Crippen LogP contribution in [-0.2, 0) is 0 Å². The van der Waals surface area contributed by atoms with Gasteiger partial charge in [-0.2, -0.15) is 4.37 Å². The summed E-state index contributed by atoms with van der Waals surface area (Å²) in [5.41, 5.74) is 1.27. The van der Waals surface area contributed by atoms with Crippen molar-refractivity contribution in [2.75, 3.05) is 24.5 Å². The van der Waals surface area contributed by atoms with E-state index in [1.807, 2.05) is 42.5 Å². The quantitative estimate of drug-likeness (QED) is 0.388. The molecular formula is C23H23ClN4O2S. The first-order valence-electron chi connectivity index (χ1n) is 10.6. The second-order valence-electron chi connectivity index (χ2n) is 8.00. The molecule has 4 aromatic rings. The second kappa shape index (κ2) is 8.85. The van der Waals surface area contributed by atoms with Crippen LogP contribution in [0.2, 0.25) is 5.02 Å². The van der Waals surface area contributed by atoms with Crippen molar-refractivity contribution in [1.29, 1.82) is 0 Å². The summed E-state index contributed by atoms with van der Waals surface area (Å²) >= 11 is 7.41. The van der Waals surface area contributed by atoms with Crippen molar-refractivity contribution in [2.45, 2.75) is 25.7 Å². The molecule has 1 amide bonds. The number of rotatable bonds is 6. The molecule has 0 saturated carbocycles. The minimum atomic E-state index is -0.0784. The van der Waals surface area contributed by atoms with Gasteiger partial charge in [-0.1, -0.05) is 35.0 Å². The normalized spacial score (nSPS) is 15.1. The third-order valence-corrected chi connectivity index (χ3v) is 7.06. The number of carbonyl (C=O) groups is 1. The number of carbonyl (C=O) groups excluding carboxylic acids is 1. The van der Waals surface area contributed by atoms with Gasteiger partial charge in [0.15, 0.2) is 11.4 Å². The van der Waals surface area contributed by atoms with Crippen LogP contribution >= 0.6 is 23.1 Å². The van der Waals surface area contributed by atoms with Gasteiger partial charge in [0.2, 0.25) is 0 Å². The summed E-state index contributed by atoms with van der Waals surface area (Å²) in [6.07, 6.45) is 4.32. The molecule has 1 N–H and O–H groups in total. The van der Waals surface area contributed by atoms with Gasteiger partial charge in [-0.15, -0.1) is 0 Å². The number of benzene rings is 2. The van der Waals surface area contributed by atoms with Crippen LogP contribution in [-0.4, -0.2) is 35.1 Å². The highest BCUT2D eigenvalue weighted by molar-refractivity contribution is 7.13. The van der Waals surface area contributed by atoms with E-state index in [2.05, 4.69) is 19.7 Å². The summed E-state index contributed by atoms with van der Waals surface area (Å²) in [7, 11) is 0. The summed E-state index contributed by atoms with van der Waals surface area (Å²) < 4.78 is 10.8. The first-order chi connectivity index (χ1) is 15.2. The van der Waals surface area contributed by atoms with Gasteiger partial charge in [0.25, 0.3) is 5.91 Å². The SMILES string of the molecule is O=C(NCCCC1CCN(c2noc3cc(Cl)ccc23)CC1)c1nsc2ccccc12. The number of amides is 1. The molecule has 0 unspecified atom stereocenters. The molecule has 0 aliphatic carbocycles. The van der Waals surface area contributed by atoms with Gasteiger partial charge >= 0.3 is 0 Å². The first kappa shape index (κ1) is 20.3. The lowest BCUT2D eigenvalue weighted by atomic mass is 9.92. The molecule has 1 saturated heterocycles. The van der Waals surface area contributed by atoms with Gasteiger partial charge in [0.05, 0.1) is 10.1 Å². The van der Waals surface area contributed by atoms with Crippen molar-refractivity contribution >= 4 is 55.9 Å². The highest BCUT2D eigenvalue weighted by Gasteiger charge is 2.23. The van der Waals surface area contributed by atoms with Crippen LogP contribution in [0.15, 0.2) is 47.0 Å². The van der Waals surface area contributed by atoms with E-state index in [0.717, 1.165) is 65.6 Å². The molecule has 3 heterocycles. The molecule has 0 radical (unpaired) electrons. The zero-order valence-electron chi connectivity index (χ0n) is 17.0. The maximum Gasteiger partial charge on any atom is 0.271 e. The number of nitrogens with one attached hydrogen (secondary N) is 1. The van der Waals surface area contributed by atoms with E-state index in [-0.39, 0.29) is 5.91 Å². The van der Waals surface area contributed by atoms with E-state index < -0.39 is 0 Å². The second-order valence-corrected chi connectivity index (χ2v) is 9.24. The zero-order valence-corrected chi connectivity index (χ0v) is 18.6. The largest absolute Gasteiger partial charge is 0.354 e. The molecule has 0 spiro atoms. The fourth-order valence-corrected chi connectivity index (χ4v) is 5.22. The third-order valence-electron chi connectivity index (χ3n) is 6.00. The molecule has 1 aliphatic rings. The molecular weight excluding hydrogens is 432 g/mol. The Hall–Kier alpha value is -2.64. The van der Waals surface area contributed by atoms with E-state index in [1.165, 1.54) is 11.5 Å². The fraction of sp³-hybridized carbons (Fsp3) is 0.348. The first-order valence-corrected chi connectivity index (χ1v) is 11.8. The van der Waals surface area contributed by atoms with E-state index in [1.54, 1.807) is 0 Å². The predicted molar refractivity (Wildman–Crippen MR) is 125 cm³/mol. The monoisotopic (exact) mass is 454 g/mol. The van der Waals surface area contributed by atoms with Crippen LogP contribution in [0, 0.1) is 5.92 Å².